The van der Waals surface area contributed by atoms with E-state index in [1.54, 1.807) is 12.2 Å². The van der Waals surface area contributed by atoms with Crippen LogP contribution in [0.15, 0.2) is 12.7 Å². The molecule has 2 aromatic heterocycles. The lowest BCUT2D eigenvalue weighted by Gasteiger charge is -2.28. The number of hydrogen-bond acceptors (Lipinski definition) is 9. The van der Waals surface area contributed by atoms with E-state index in [2.05, 4.69) is 35.7 Å². The Balaban J connectivity index is 1.99. The molecule has 10 heteroatoms. The van der Waals surface area contributed by atoms with Crippen molar-refractivity contribution in [3.63, 3.8) is 0 Å². The highest BCUT2D eigenvalue weighted by atomic mass is 16.7. The molecule has 0 spiro atoms. The molecule has 1 aliphatic rings. The predicted molar refractivity (Wildman–Crippen MR) is 92.1 cm³/mol. The van der Waals surface area contributed by atoms with Crippen LogP contribution in [-0.2, 0) is 9.57 Å². The summed E-state index contributed by atoms with van der Waals surface area (Å²) in [5, 5.41) is 31.1. The number of anilines is 1. The van der Waals surface area contributed by atoms with Crippen LogP contribution in [0.1, 0.15) is 27.0 Å². The molecule has 4 atom stereocenters. The Morgan fingerprint density at radius 1 is 1.23 bits per heavy atom. The van der Waals surface area contributed by atoms with Crippen molar-refractivity contribution in [3.8, 4) is 0 Å². The van der Waals surface area contributed by atoms with E-state index in [4.69, 9.17) is 9.57 Å². The number of fused-ring (bicyclic) bond motifs is 1. The Morgan fingerprint density at radius 2 is 1.96 bits per heavy atom. The molecule has 0 amide bonds. The molecule has 0 bridgehead atoms. The maximum atomic E-state index is 10.3. The van der Waals surface area contributed by atoms with Gasteiger partial charge in [0, 0.05) is 0 Å². The second-order valence-electron chi connectivity index (χ2n) is 7.53. The van der Waals surface area contributed by atoms with E-state index in [1.807, 2.05) is 0 Å². The molecule has 0 aliphatic carbocycles. The van der Waals surface area contributed by atoms with Crippen molar-refractivity contribution >= 4 is 17.0 Å². The Labute approximate surface area is 151 Å². The van der Waals surface area contributed by atoms with Gasteiger partial charge in [0.15, 0.2) is 23.2 Å². The number of aliphatic hydroxyl groups is 3. The Morgan fingerprint density at radius 3 is 2.54 bits per heavy atom. The molecule has 0 saturated carbocycles. The molecule has 10 nitrogen and oxygen atoms in total. The number of ether oxygens (including phenoxy) is 1. The van der Waals surface area contributed by atoms with E-state index in [9.17, 15) is 15.3 Å². The lowest BCUT2D eigenvalue weighted by atomic mass is 9.97. The molecule has 3 heterocycles. The summed E-state index contributed by atoms with van der Waals surface area (Å²) in [5.41, 5.74) is 0.871. The largest absolute Gasteiger partial charge is 0.394 e. The summed E-state index contributed by atoms with van der Waals surface area (Å²) in [7, 11) is 1.56. The fourth-order valence-electron chi connectivity index (χ4n) is 2.97. The van der Waals surface area contributed by atoms with Gasteiger partial charge in [-0.1, -0.05) is 20.8 Å². The van der Waals surface area contributed by atoms with E-state index in [0.717, 1.165) is 0 Å². The summed E-state index contributed by atoms with van der Waals surface area (Å²) >= 11 is 0. The molecule has 2 aromatic rings. The van der Waals surface area contributed by atoms with Gasteiger partial charge in [-0.15, -0.1) is 0 Å². The molecular weight excluding hydrogens is 342 g/mol. The average Bonchev–Trinajstić information content (AvgIpc) is 3.14. The second-order valence-corrected chi connectivity index (χ2v) is 7.53. The van der Waals surface area contributed by atoms with Crippen LogP contribution < -0.4 is 5.06 Å². The van der Waals surface area contributed by atoms with Gasteiger partial charge in [-0.3, -0.25) is 9.40 Å². The van der Waals surface area contributed by atoms with Crippen molar-refractivity contribution in [2.45, 2.75) is 45.3 Å². The van der Waals surface area contributed by atoms with Crippen LogP contribution >= 0.6 is 0 Å². The number of aromatic nitrogens is 4. The first kappa shape index (κ1) is 18.9. The van der Waals surface area contributed by atoms with Crippen molar-refractivity contribution in [1.29, 1.82) is 0 Å². The van der Waals surface area contributed by atoms with Crippen molar-refractivity contribution in [1.82, 2.24) is 19.5 Å². The topological polar surface area (TPSA) is 126 Å². The molecule has 1 aliphatic heterocycles. The highest BCUT2D eigenvalue weighted by Gasteiger charge is 2.44. The zero-order valence-electron chi connectivity index (χ0n) is 15.3. The van der Waals surface area contributed by atoms with E-state index in [-0.39, 0.29) is 5.41 Å². The van der Waals surface area contributed by atoms with Gasteiger partial charge in [0.2, 0.25) is 0 Å². The molecule has 0 aromatic carbocycles. The second kappa shape index (κ2) is 7.05. The molecule has 3 N–H and O–H groups in total. The van der Waals surface area contributed by atoms with E-state index >= 15 is 0 Å². The van der Waals surface area contributed by atoms with Crippen LogP contribution in [0.2, 0.25) is 0 Å². The zero-order chi connectivity index (χ0) is 19.1. The number of aliphatic hydroxyl groups excluding tert-OH is 3. The minimum atomic E-state index is -1.21. The van der Waals surface area contributed by atoms with Gasteiger partial charge in [0.25, 0.3) is 0 Å². The molecule has 0 unspecified atom stereocenters. The molecule has 1 fully saturated rings. The summed E-state index contributed by atoms with van der Waals surface area (Å²) in [5.74, 6) is 0.498. The van der Waals surface area contributed by atoms with Crippen molar-refractivity contribution < 1.29 is 24.9 Å². The van der Waals surface area contributed by atoms with Gasteiger partial charge >= 0.3 is 0 Å². The van der Waals surface area contributed by atoms with Crippen molar-refractivity contribution in [3.05, 3.63) is 12.7 Å². The molecule has 1 saturated heterocycles. The van der Waals surface area contributed by atoms with Crippen LogP contribution in [0, 0.1) is 5.41 Å². The standard InChI is InChI=1S/C16H25N5O5/c1-16(2,3)6-21(25-4)14-10-13(17-7-18-14)20(8-19-10)15-12(24)11(23)9(5-22)26-15/h7-9,11-12,15,22-24H,5-6H2,1-4H3/t9-,11-,12-,15-/m1/s1. The van der Waals surface area contributed by atoms with Crippen LogP contribution in [0.25, 0.3) is 11.2 Å². The summed E-state index contributed by atoms with van der Waals surface area (Å²) in [6.45, 7) is 6.42. The molecule has 3 rings (SSSR count). The third-order valence-corrected chi connectivity index (χ3v) is 4.21. The number of nitrogens with zero attached hydrogens (tertiary/aromatic N) is 5. The van der Waals surface area contributed by atoms with E-state index < -0.39 is 31.1 Å². The third kappa shape index (κ3) is 3.38. The summed E-state index contributed by atoms with van der Waals surface area (Å²) in [4.78, 5) is 18.4. The third-order valence-electron chi connectivity index (χ3n) is 4.21. The predicted octanol–water partition coefficient (Wildman–Crippen LogP) is -0.148. The summed E-state index contributed by atoms with van der Waals surface area (Å²) in [6.07, 6.45) is -1.34. The number of hydroxylamine groups is 1. The fourth-order valence-corrected chi connectivity index (χ4v) is 2.97. The smallest absolute Gasteiger partial charge is 0.184 e. The van der Waals surface area contributed by atoms with Gasteiger partial charge in [-0.25, -0.2) is 20.0 Å². The number of imidazole rings is 1. The monoisotopic (exact) mass is 367 g/mol. The first-order valence-electron chi connectivity index (χ1n) is 8.38. The zero-order valence-corrected chi connectivity index (χ0v) is 15.3. The van der Waals surface area contributed by atoms with Crippen LogP contribution in [-0.4, -0.2) is 73.4 Å². The quantitative estimate of drug-likeness (QED) is 0.619. The average molecular weight is 367 g/mol. The van der Waals surface area contributed by atoms with Gasteiger partial charge in [-0.05, 0) is 5.41 Å². The highest BCUT2D eigenvalue weighted by Crippen LogP contribution is 2.33. The lowest BCUT2D eigenvalue weighted by molar-refractivity contribution is -0.0511. The maximum Gasteiger partial charge on any atom is 0.184 e. The molecule has 0 radical (unpaired) electrons. The highest BCUT2D eigenvalue weighted by molar-refractivity contribution is 5.82. The minimum Gasteiger partial charge on any atom is -0.394 e. The Bertz CT molecular complexity index is 761. The first-order valence-corrected chi connectivity index (χ1v) is 8.38. The minimum absolute atomic E-state index is 0.0426. The first-order chi connectivity index (χ1) is 12.3. The SMILES string of the molecule is CON(CC(C)(C)C)c1ncnc2c1ncn2[C@@H]1O[C@H](CO)[C@@H](O)[C@H]1O. The van der Waals surface area contributed by atoms with Crippen LogP contribution in [0.5, 0.6) is 0 Å². The fraction of sp³-hybridized carbons (Fsp3) is 0.688. The number of hydrogen-bond donors (Lipinski definition) is 3. The summed E-state index contributed by atoms with van der Waals surface area (Å²) in [6, 6.07) is 0. The van der Waals surface area contributed by atoms with Gasteiger partial charge < -0.3 is 20.1 Å². The van der Waals surface area contributed by atoms with Gasteiger partial charge in [0.1, 0.15) is 24.6 Å². The van der Waals surface area contributed by atoms with Crippen LogP contribution in [0.4, 0.5) is 5.82 Å². The van der Waals surface area contributed by atoms with Crippen molar-refractivity contribution in [2.75, 3.05) is 25.3 Å². The Kier molecular flexibility index (Phi) is 5.13. The number of rotatable bonds is 5. The van der Waals surface area contributed by atoms with Crippen LogP contribution in [0.3, 0.4) is 0 Å². The van der Waals surface area contributed by atoms with E-state index in [0.29, 0.717) is 23.5 Å². The van der Waals surface area contributed by atoms with E-state index in [1.165, 1.54) is 17.2 Å². The normalized spacial score (nSPS) is 26.6. The lowest BCUT2D eigenvalue weighted by Crippen LogP contribution is -2.33. The van der Waals surface area contributed by atoms with Gasteiger partial charge in [0.05, 0.1) is 26.6 Å². The molecular formula is C16H25N5O5. The van der Waals surface area contributed by atoms with Crippen molar-refractivity contribution in [2.24, 2.45) is 5.41 Å². The Hall–Kier alpha value is -1.85. The molecule has 144 valence electrons. The molecule has 26 heavy (non-hydrogen) atoms. The van der Waals surface area contributed by atoms with Gasteiger partial charge in [-0.2, -0.15) is 0 Å². The summed E-state index contributed by atoms with van der Waals surface area (Å²) < 4.78 is 7.09. The maximum absolute atomic E-state index is 10.3.